The smallest absolute Gasteiger partial charge is 0.170 e. The van der Waals surface area contributed by atoms with Gasteiger partial charge in [0, 0.05) is 25.1 Å². The fourth-order valence-corrected chi connectivity index (χ4v) is 1.53. The lowest BCUT2D eigenvalue weighted by Crippen LogP contribution is -2.21. The van der Waals surface area contributed by atoms with Gasteiger partial charge in [0.1, 0.15) is 5.76 Å². The molecule has 12 heavy (non-hydrogen) atoms. The third-order valence-corrected chi connectivity index (χ3v) is 2.36. The second-order valence-corrected chi connectivity index (χ2v) is 3.27. The van der Waals surface area contributed by atoms with Crippen molar-refractivity contribution in [3.05, 3.63) is 11.3 Å². The molecule has 0 amide bonds. The molecule has 0 saturated heterocycles. The van der Waals surface area contributed by atoms with Crippen molar-refractivity contribution in [2.24, 2.45) is 0 Å². The summed E-state index contributed by atoms with van der Waals surface area (Å²) in [5, 5.41) is 3.75. The van der Waals surface area contributed by atoms with E-state index >= 15 is 0 Å². The molecule has 0 atom stereocenters. The van der Waals surface area contributed by atoms with Gasteiger partial charge in [0.15, 0.2) is 5.82 Å². The molecule has 1 aliphatic heterocycles. The molecule has 0 aromatic carbocycles. The molecule has 4 nitrogen and oxygen atoms in total. The SMILES string of the molecule is CN1CCc2onc(N)c2CC1. The van der Waals surface area contributed by atoms with Crippen LogP contribution in [0.1, 0.15) is 11.3 Å². The molecular weight excluding hydrogens is 154 g/mol. The quantitative estimate of drug-likeness (QED) is 0.603. The lowest BCUT2D eigenvalue weighted by molar-refractivity contribution is 0.329. The average molecular weight is 167 g/mol. The molecular formula is C8H13N3O. The van der Waals surface area contributed by atoms with Gasteiger partial charge in [-0.1, -0.05) is 5.16 Å². The first-order chi connectivity index (χ1) is 5.77. The topological polar surface area (TPSA) is 55.3 Å². The number of rotatable bonds is 0. The number of fused-ring (bicyclic) bond motifs is 1. The van der Waals surface area contributed by atoms with Crippen LogP contribution >= 0.6 is 0 Å². The van der Waals surface area contributed by atoms with Gasteiger partial charge in [-0.2, -0.15) is 0 Å². The predicted octanol–water partition coefficient (Wildman–Crippen LogP) is 0.287. The zero-order valence-corrected chi connectivity index (χ0v) is 7.21. The molecule has 66 valence electrons. The van der Waals surface area contributed by atoms with Crippen molar-refractivity contribution >= 4 is 5.82 Å². The average Bonchev–Trinajstić information content (AvgIpc) is 2.28. The fraction of sp³-hybridized carbons (Fsp3) is 0.625. The van der Waals surface area contributed by atoms with Crippen molar-refractivity contribution in [3.8, 4) is 0 Å². The molecule has 0 radical (unpaired) electrons. The highest BCUT2D eigenvalue weighted by atomic mass is 16.5. The van der Waals surface area contributed by atoms with E-state index in [4.69, 9.17) is 10.3 Å². The molecule has 0 bridgehead atoms. The van der Waals surface area contributed by atoms with E-state index in [2.05, 4.69) is 17.1 Å². The summed E-state index contributed by atoms with van der Waals surface area (Å²) in [7, 11) is 2.11. The number of nitrogen functional groups attached to an aromatic ring is 1. The number of nitrogens with zero attached hydrogens (tertiary/aromatic N) is 2. The Morgan fingerprint density at radius 2 is 2.17 bits per heavy atom. The summed E-state index contributed by atoms with van der Waals surface area (Å²) in [6.07, 6.45) is 1.89. The van der Waals surface area contributed by atoms with E-state index < -0.39 is 0 Å². The molecule has 1 aromatic heterocycles. The predicted molar refractivity (Wildman–Crippen MR) is 45.8 cm³/mol. The number of nitrogens with two attached hydrogens (primary N) is 1. The third-order valence-electron chi connectivity index (χ3n) is 2.36. The molecule has 2 N–H and O–H groups in total. The zero-order valence-electron chi connectivity index (χ0n) is 7.21. The van der Waals surface area contributed by atoms with Crippen LogP contribution in [-0.2, 0) is 12.8 Å². The van der Waals surface area contributed by atoms with Crippen LogP contribution in [0, 0.1) is 0 Å². The van der Waals surface area contributed by atoms with E-state index in [0.717, 1.165) is 37.3 Å². The van der Waals surface area contributed by atoms with Gasteiger partial charge in [0.2, 0.25) is 0 Å². The van der Waals surface area contributed by atoms with E-state index in [1.165, 1.54) is 0 Å². The molecule has 4 heteroatoms. The molecule has 0 saturated carbocycles. The first-order valence-corrected chi connectivity index (χ1v) is 4.19. The van der Waals surface area contributed by atoms with Crippen LogP contribution < -0.4 is 5.73 Å². The Kier molecular flexibility index (Phi) is 1.77. The maximum Gasteiger partial charge on any atom is 0.170 e. The van der Waals surface area contributed by atoms with Crippen molar-refractivity contribution in [1.29, 1.82) is 0 Å². The number of hydrogen-bond donors (Lipinski definition) is 1. The van der Waals surface area contributed by atoms with Gasteiger partial charge in [-0.3, -0.25) is 0 Å². The normalized spacial score (nSPS) is 18.8. The van der Waals surface area contributed by atoms with Crippen molar-refractivity contribution in [2.45, 2.75) is 12.8 Å². The Labute approximate surface area is 71.3 Å². The first-order valence-electron chi connectivity index (χ1n) is 4.19. The number of anilines is 1. The van der Waals surface area contributed by atoms with Gasteiger partial charge in [-0.05, 0) is 13.5 Å². The fourth-order valence-electron chi connectivity index (χ4n) is 1.53. The summed E-state index contributed by atoms with van der Waals surface area (Å²) in [6.45, 7) is 2.07. The summed E-state index contributed by atoms with van der Waals surface area (Å²) in [6, 6.07) is 0. The Morgan fingerprint density at radius 1 is 1.42 bits per heavy atom. The molecule has 0 fully saturated rings. The Hall–Kier alpha value is -1.03. The largest absolute Gasteiger partial charge is 0.381 e. The van der Waals surface area contributed by atoms with E-state index in [0.29, 0.717) is 5.82 Å². The Bertz CT molecular complexity index is 282. The van der Waals surface area contributed by atoms with Gasteiger partial charge in [-0.15, -0.1) is 0 Å². The minimum Gasteiger partial charge on any atom is -0.381 e. The summed E-state index contributed by atoms with van der Waals surface area (Å²) in [4.78, 5) is 2.27. The Morgan fingerprint density at radius 3 is 3.00 bits per heavy atom. The summed E-state index contributed by atoms with van der Waals surface area (Å²) in [5.41, 5.74) is 6.76. The number of likely N-dealkylation sites (N-methyl/N-ethyl adjacent to an activating group) is 1. The van der Waals surface area contributed by atoms with Crippen LogP contribution in [0.25, 0.3) is 0 Å². The molecule has 2 heterocycles. The molecule has 0 aliphatic carbocycles. The minimum absolute atomic E-state index is 0.570. The molecule has 0 spiro atoms. The first kappa shape index (κ1) is 7.61. The van der Waals surface area contributed by atoms with Crippen LogP contribution in [0.15, 0.2) is 4.52 Å². The molecule has 0 unspecified atom stereocenters. The summed E-state index contributed by atoms with van der Waals surface area (Å²) in [5.74, 6) is 1.54. The third kappa shape index (κ3) is 1.18. The van der Waals surface area contributed by atoms with Crippen molar-refractivity contribution in [1.82, 2.24) is 10.1 Å². The van der Waals surface area contributed by atoms with Crippen molar-refractivity contribution in [3.63, 3.8) is 0 Å². The van der Waals surface area contributed by atoms with Crippen LogP contribution in [0.5, 0.6) is 0 Å². The van der Waals surface area contributed by atoms with Crippen LogP contribution in [0.3, 0.4) is 0 Å². The summed E-state index contributed by atoms with van der Waals surface area (Å²) < 4.78 is 5.11. The van der Waals surface area contributed by atoms with Gasteiger partial charge in [0.05, 0.1) is 0 Å². The maximum absolute atomic E-state index is 5.65. The lowest BCUT2D eigenvalue weighted by Gasteiger charge is -2.10. The zero-order chi connectivity index (χ0) is 8.55. The second-order valence-electron chi connectivity index (χ2n) is 3.27. The van der Waals surface area contributed by atoms with E-state index in [1.807, 2.05) is 0 Å². The highest BCUT2D eigenvalue weighted by molar-refractivity contribution is 5.41. The van der Waals surface area contributed by atoms with Crippen LogP contribution in [0.4, 0.5) is 5.82 Å². The van der Waals surface area contributed by atoms with E-state index in [9.17, 15) is 0 Å². The Balaban J connectivity index is 2.28. The van der Waals surface area contributed by atoms with Gasteiger partial charge < -0.3 is 15.2 Å². The van der Waals surface area contributed by atoms with Crippen LogP contribution in [-0.4, -0.2) is 30.2 Å². The lowest BCUT2D eigenvalue weighted by atomic mass is 10.1. The van der Waals surface area contributed by atoms with E-state index in [1.54, 1.807) is 0 Å². The van der Waals surface area contributed by atoms with Crippen molar-refractivity contribution < 1.29 is 4.52 Å². The van der Waals surface area contributed by atoms with Gasteiger partial charge >= 0.3 is 0 Å². The molecule has 1 aromatic rings. The van der Waals surface area contributed by atoms with E-state index in [-0.39, 0.29) is 0 Å². The second kappa shape index (κ2) is 2.79. The molecule has 2 rings (SSSR count). The van der Waals surface area contributed by atoms with Gasteiger partial charge in [-0.25, -0.2) is 0 Å². The maximum atomic E-state index is 5.65. The minimum atomic E-state index is 0.570. The standard InChI is InChI=1S/C8H13N3O/c1-11-4-2-6-7(3-5-11)12-10-8(6)9/h2-5H2,1H3,(H2,9,10). The monoisotopic (exact) mass is 167 g/mol. The molecule has 1 aliphatic rings. The summed E-state index contributed by atoms with van der Waals surface area (Å²) >= 11 is 0. The van der Waals surface area contributed by atoms with Crippen molar-refractivity contribution in [2.75, 3.05) is 25.9 Å². The van der Waals surface area contributed by atoms with Gasteiger partial charge in [0.25, 0.3) is 0 Å². The number of aromatic nitrogens is 1. The van der Waals surface area contributed by atoms with Crippen LogP contribution in [0.2, 0.25) is 0 Å². The number of hydrogen-bond acceptors (Lipinski definition) is 4. The highest BCUT2D eigenvalue weighted by Gasteiger charge is 2.17. The highest BCUT2D eigenvalue weighted by Crippen LogP contribution is 2.20.